The number of benzene rings is 1. The zero-order chi connectivity index (χ0) is 22.9. The van der Waals surface area contributed by atoms with Crippen LogP contribution in [0.3, 0.4) is 0 Å². The van der Waals surface area contributed by atoms with Gasteiger partial charge in [0.1, 0.15) is 11.6 Å². The molecular formula is C23H25N7O3. The van der Waals surface area contributed by atoms with Gasteiger partial charge in [-0.05, 0) is 49.2 Å². The van der Waals surface area contributed by atoms with Gasteiger partial charge in [-0.3, -0.25) is 4.79 Å². The number of piperidine rings is 1. The van der Waals surface area contributed by atoms with E-state index in [1.165, 1.54) is 4.52 Å². The zero-order valence-corrected chi connectivity index (χ0v) is 18.5. The lowest BCUT2D eigenvalue weighted by atomic mass is 10.0. The highest BCUT2D eigenvalue weighted by molar-refractivity contribution is 5.94. The van der Waals surface area contributed by atoms with E-state index in [0.29, 0.717) is 35.2 Å². The summed E-state index contributed by atoms with van der Waals surface area (Å²) in [6.07, 6.45) is 3.42. The van der Waals surface area contributed by atoms with Gasteiger partial charge in [-0.1, -0.05) is 0 Å². The highest BCUT2D eigenvalue weighted by Gasteiger charge is 2.28. The fourth-order valence-electron chi connectivity index (χ4n) is 4.15. The minimum atomic E-state index is 0.0132. The molecule has 0 aliphatic carbocycles. The Morgan fingerprint density at radius 1 is 1.24 bits per heavy atom. The predicted molar refractivity (Wildman–Crippen MR) is 123 cm³/mol. The first-order valence-electron chi connectivity index (χ1n) is 10.8. The molecule has 33 heavy (non-hydrogen) atoms. The molecule has 0 saturated carbocycles. The highest BCUT2D eigenvalue weighted by Crippen LogP contribution is 2.25. The van der Waals surface area contributed by atoms with Gasteiger partial charge >= 0.3 is 0 Å². The second-order valence-corrected chi connectivity index (χ2v) is 8.04. The van der Waals surface area contributed by atoms with Gasteiger partial charge in [-0.25, -0.2) is 4.98 Å². The summed E-state index contributed by atoms with van der Waals surface area (Å²) in [5.74, 6) is 2.67. The maximum Gasteiger partial charge on any atom is 0.253 e. The van der Waals surface area contributed by atoms with Crippen molar-refractivity contribution in [3.63, 3.8) is 0 Å². The third-order valence-corrected chi connectivity index (χ3v) is 6.01. The number of likely N-dealkylation sites (tertiary alicyclic amines) is 1. The summed E-state index contributed by atoms with van der Waals surface area (Å²) in [5, 5.41) is 4.39. The quantitative estimate of drug-likeness (QED) is 0.497. The lowest BCUT2D eigenvalue weighted by Gasteiger charge is -2.38. The topological polar surface area (TPSA) is 115 Å². The van der Waals surface area contributed by atoms with E-state index in [0.717, 1.165) is 25.1 Å². The SMILES string of the molecule is COc1ccc(C(=O)N2CCCC(N(C)c3cc4nc(-c5ccco5)nn4c(N)n3)C2)cc1. The maximum atomic E-state index is 13.0. The van der Waals surface area contributed by atoms with Crippen LogP contribution in [-0.2, 0) is 0 Å². The smallest absolute Gasteiger partial charge is 0.253 e. The Hall–Kier alpha value is -4.08. The van der Waals surface area contributed by atoms with Gasteiger partial charge < -0.3 is 24.7 Å². The lowest BCUT2D eigenvalue weighted by molar-refractivity contribution is 0.0707. The van der Waals surface area contributed by atoms with E-state index in [2.05, 4.69) is 20.0 Å². The molecule has 4 aromatic rings. The third kappa shape index (κ3) is 3.95. The summed E-state index contributed by atoms with van der Waals surface area (Å²) < 4.78 is 12.1. The van der Waals surface area contributed by atoms with E-state index >= 15 is 0 Å². The van der Waals surface area contributed by atoms with E-state index in [-0.39, 0.29) is 17.9 Å². The van der Waals surface area contributed by atoms with Gasteiger partial charge in [0.25, 0.3) is 5.91 Å². The number of carbonyl (C=O) groups is 1. The molecule has 0 bridgehead atoms. The number of amides is 1. The van der Waals surface area contributed by atoms with Crippen LogP contribution in [-0.4, -0.2) is 63.7 Å². The number of nitrogen functional groups attached to an aromatic ring is 1. The fraction of sp³-hybridized carbons (Fsp3) is 0.304. The van der Waals surface area contributed by atoms with Crippen LogP contribution in [0.2, 0.25) is 0 Å². The zero-order valence-electron chi connectivity index (χ0n) is 18.5. The Labute approximate surface area is 190 Å². The number of likely N-dealkylation sites (N-methyl/N-ethyl adjacent to an activating group) is 1. The number of nitrogens with two attached hydrogens (primary N) is 1. The van der Waals surface area contributed by atoms with Crippen LogP contribution in [0.5, 0.6) is 5.75 Å². The Kier molecular flexibility index (Phi) is 5.33. The molecule has 4 heterocycles. The van der Waals surface area contributed by atoms with E-state index < -0.39 is 0 Å². The minimum Gasteiger partial charge on any atom is -0.497 e. The standard InChI is InChI=1S/C23H25N7O3/c1-28(16-5-3-11-29(14-16)22(31)15-7-9-17(32-2)10-8-15)19-13-20-25-21(18-6-4-12-33-18)27-30(20)23(24)26-19/h4,6-10,12-13,16H,3,5,11,14H2,1-2H3,(H2,24,26). The summed E-state index contributed by atoms with van der Waals surface area (Å²) >= 11 is 0. The van der Waals surface area contributed by atoms with Crippen molar-refractivity contribution >= 4 is 23.3 Å². The Morgan fingerprint density at radius 3 is 2.79 bits per heavy atom. The summed E-state index contributed by atoms with van der Waals surface area (Å²) in [4.78, 5) is 26.1. The van der Waals surface area contributed by atoms with Crippen molar-refractivity contribution in [2.75, 3.05) is 37.9 Å². The molecule has 10 heteroatoms. The van der Waals surface area contributed by atoms with E-state index in [9.17, 15) is 4.79 Å². The van der Waals surface area contributed by atoms with Crippen LogP contribution in [0.25, 0.3) is 17.2 Å². The highest BCUT2D eigenvalue weighted by atomic mass is 16.5. The molecule has 10 nitrogen and oxygen atoms in total. The van der Waals surface area contributed by atoms with Crippen LogP contribution >= 0.6 is 0 Å². The molecule has 1 saturated heterocycles. The van der Waals surface area contributed by atoms with Gasteiger partial charge in [0.15, 0.2) is 11.4 Å². The first kappa shape index (κ1) is 20.8. The molecule has 1 aromatic carbocycles. The molecule has 1 fully saturated rings. The Balaban J connectivity index is 1.36. The van der Waals surface area contributed by atoms with E-state index in [4.69, 9.17) is 14.9 Å². The first-order valence-corrected chi connectivity index (χ1v) is 10.8. The molecule has 170 valence electrons. The number of methoxy groups -OCH3 is 1. The molecule has 3 aromatic heterocycles. The fourth-order valence-corrected chi connectivity index (χ4v) is 4.15. The molecule has 5 rings (SSSR count). The number of rotatable bonds is 5. The van der Waals surface area contributed by atoms with Crippen molar-refractivity contribution < 1.29 is 13.9 Å². The van der Waals surface area contributed by atoms with Gasteiger partial charge in [0, 0.05) is 37.8 Å². The molecule has 1 atom stereocenters. The Bertz CT molecular complexity index is 1270. The number of ether oxygens (including phenoxy) is 1. The second kappa shape index (κ2) is 8.45. The number of aromatic nitrogens is 4. The molecule has 0 radical (unpaired) electrons. The molecule has 1 aliphatic rings. The Morgan fingerprint density at radius 2 is 2.06 bits per heavy atom. The number of nitrogens with zero attached hydrogens (tertiary/aromatic N) is 6. The molecule has 2 N–H and O–H groups in total. The third-order valence-electron chi connectivity index (χ3n) is 6.01. The largest absolute Gasteiger partial charge is 0.497 e. The normalized spacial score (nSPS) is 16.2. The van der Waals surface area contributed by atoms with E-state index in [1.54, 1.807) is 49.8 Å². The molecular weight excluding hydrogens is 422 g/mol. The maximum absolute atomic E-state index is 13.0. The summed E-state index contributed by atoms with van der Waals surface area (Å²) in [5.41, 5.74) is 7.41. The van der Waals surface area contributed by atoms with Crippen molar-refractivity contribution in [2.24, 2.45) is 0 Å². The van der Waals surface area contributed by atoms with Crippen molar-refractivity contribution in [2.45, 2.75) is 18.9 Å². The molecule has 1 amide bonds. The van der Waals surface area contributed by atoms with Crippen molar-refractivity contribution in [3.05, 3.63) is 54.3 Å². The second-order valence-electron chi connectivity index (χ2n) is 8.04. The number of anilines is 2. The van der Waals surface area contributed by atoms with Crippen LogP contribution in [0.4, 0.5) is 11.8 Å². The van der Waals surface area contributed by atoms with Crippen LogP contribution in [0.1, 0.15) is 23.2 Å². The first-order chi connectivity index (χ1) is 16.0. The summed E-state index contributed by atoms with van der Waals surface area (Å²) in [6.45, 7) is 1.32. The predicted octanol–water partition coefficient (Wildman–Crippen LogP) is 2.72. The van der Waals surface area contributed by atoms with Crippen LogP contribution < -0.4 is 15.4 Å². The van der Waals surface area contributed by atoms with Crippen LogP contribution in [0.15, 0.2) is 53.1 Å². The number of carbonyl (C=O) groups excluding carboxylic acids is 1. The van der Waals surface area contributed by atoms with Crippen molar-refractivity contribution in [1.82, 2.24) is 24.5 Å². The van der Waals surface area contributed by atoms with Crippen molar-refractivity contribution in [3.8, 4) is 17.3 Å². The monoisotopic (exact) mass is 447 g/mol. The van der Waals surface area contributed by atoms with Gasteiger partial charge in [0.05, 0.1) is 13.4 Å². The summed E-state index contributed by atoms with van der Waals surface area (Å²) in [6, 6.07) is 12.7. The van der Waals surface area contributed by atoms with Gasteiger partial charge in [-0.2, -0.15) is 9.50 Å². The van der Waals surface area contributed by atoms with Crippen molar-refractivity contribution in [1.29, 1.82) is 0 Å². The minimum absolute atomic E-state index is 0.0132. The molecule has 1 unspecified atom stereocenters. The number of hydrogen-bond donors (Lipinski definition) is 1. The molecule has 0 spiro atoms. The van der Waals surface area contributed by atoms with E-state index in [1.807, 2.05) is 18.0 Å². The molecule has 1 aliphatic heterocycles. The average molecular weight is 447 g/mol. The number of hydrogen-bond acceptors (Lipinski definition) is 8. The van der Waals surface area contributed by atoms with Gasteiger partial charge in [0.2, 0.25) is 11.8 Å². The number of fused-ring (bicyclic) bond motifs is 1. The van der Waals surface area contributed by atoms with Crippen LogP contribution in [0, 0.1) is 0 Å². The summed E-state index contributed by atoms with van der Waals surface area (Å²) in [7, 11) is 3.57. The van der Waals surface area contributed by atoms with Gasteiger partial charge in [-0.15, -0.1) is 5.10 Å². The lowest BCUT2D eigenvalue weighted by Crippen LogP contribution is -2.49. The average Bonchev–Trinajstić information content (AvgIpc) is 3.53. The number of furan rings is 1.